The van der Waals surface area contributed by atoms with Crippen LogP contribution in [0.3, 0.4) is 0 Å². The van der Waals surface area contributed by atoms with Crippen molar-refractivity contribution in [3.8, 4) is 0 Å². The predicted octanol–water partition coefficient (Wildman–Crippen LogP) is 3.98. The molecule has 3 heterocycles. The molecule has 1 fully saturated rings. The summed E-state index contributed by atoms with van der Waals surface area (Å²) in [5.74, 6) is 0.385. The molecule has 1 aliphatic rings. The normalized spacial score (nSPS) is 19.1. The molecule has 164 valence electrons. The second-order valence-corrected chi connectivity index (χ2v) is 8.86. The number of benzene rings is 2. The maximum Gasteiger partial charge on any atom is 0.261 e. The van der Waals surface area contributed by atoms with Gasteiger partial charge in [0, 0.05) is 23.9 Å². The van der Waals surface area contributed by atoms with E-state index in [2.05, 4.69) is 42.0 Å². The van der Waals surface area contributed by atoms with Gasteiger partial charge in [-0.2, -0.15) is 0 Å². The zero-order valence-corrected chi connectivity index (χ0v) is 18.4. The summed E-state index contributed by atoms with van der Waals surface area (Å²) in [6.45, 7) is 5.02. The number of rotatable bonds is 4. The standard InChI is InChI=1S/C26H27N3O3/c1-16(2)22-8-7-17(13-27-22)11-18-12-21-25(20-6-4-3-5-19(18)20)28-15-29(26(21)31)23-9-10-32-14-24(23)30/h3-8,12-13,15-16,23-24,30H,9-11,14H2,1-2H3/t23-,24-/m0/s1. The third-order valence-electron chi connectivity index (χ3n) is 6.36. The molecular formula is C26H27N3O3. The molecule has 4 aromatic rings. The number of hydrogen-bond donors (Lipinski definition) is 1. The molecule has 0 unspecified atom stereocenters. The topological polar surface area (TPSA) is 77.2 Å². The van der Waals surface area contributed by atoms with Crippen LogP contribution in [0.1, 0.15) is 49.0 Å². The van der Waals surface area contributed by atoms with Crippen molar-refractivity contribution in [1.29, 1.82) is 0 Å². The van der Waals surface area contributed by atoms with E-state index in [9.17, 15) is 9.90 Å². The number of aromatic nitrogens is 3. The number of aliphatic hydroxyl groups is 1. The van der Waals surface area contributed by atoms with Gasteiger partial charge in [0.15, 0.2) is 0 Å². The summed E-state index contributed by atoms with van der Waals surface area (Å²) in [5, 5.41) is 13.0. The van der Waals surface area contributed by atoms with Crippen molar-refractivity contribution in [2.45, 2.75) is 44.8 Å². The first-order valence-electron chi connectivity index (χ1n) is 11.1. The smallest absolute Gasteiger partial charge is 0.261 e. The van der Waals surface area contributed by atoms with Gasteiger partial charge < -0.3 is 9.84 Å². The first-order valence-corrected chi connectivity index (χ1v) is 11.1. The maximum atomic E-state index is 13.5. The fourth-order valence-electron chi connectivity index (χ4n) is 4.57. The molecule has 0 radical (unpaired) electrons. The monoisotopic (exact) mass is 429 g/mol. The average Bonchev–Trinajstić information content (AvgIpc) is 2.81. The molecule has 32 heavy (non-hydrogen) atoms. The molecule has 6 nitrogen and oxygen atoms in total. The van der Waals surface area contributed by atoms with Gasteiger partial charge in [-0.05, 0) is 47.4 Å². The second kappa shape index (κ2) is 8.45. The number of ether oxygens (including phenoxy) is 1. The Bertz CT molecular complexity index is 1330. The predicted molar refractivity (Wildman–Crippen MR) is 125 cm³/mol. The molecule has 1 N–H and O–H groups in total. The van der Waals surface area contributed by atoms with Gasteiger partial charge in [0.1, 0.15) is 0 Å². The van der Waals surface area contributed by atoms with Crippen molar-refractivity contribution < 1.29 is 9.84 Å². The summed E-state index contributed by atoms with van der Waals surface area (Å²) in [4.78, 5) is 22.8. The van der Waals surface area contributed by atoms with Gasteiger partial charge in [0.2, 0.25) is 0 Å². The average molecular weight is 430 g/mol. The van der Waals surface area contributed by atoms with E-state index in [4.69, 9.17) is 4.74 Å². The highest BCUT2D eigenvalue weighted by atomic mass is 16.5. The lowest BCUT2D eigenvalue weighted by Gasteiger charge is -2.29. The molecule has 2 aromatic heterocycles. The number of pyridine rings is 1. The van der Waals surface area contributed by atoms with Crippen molar-refractivity contribution in [3.05, 3.63) is 82.2 Å². The van der Waals surface area contributed by atoms with Crippen LogP contribution in [-0.4, -0.2) is 39.0 Å². The molecule has 2 atom stereocenters. The largest absolute Gasteiger partial charge is 0.389 e. The van der Waals surface area contributed by atoms with Gasteiger partial charge in [-0.3, -0.25) is 14.3 Å². The second-order valence-electron chi connectivity index (χ2n) is 8.86. The van der Waals surface area contributed by atoms with Gasteiger partial charge in [-0.15, -0.1) is 0 Å². The Kier molecular flexibility index (Phi) is 5.49. The summed E-state index contributed by atoms with van der Waals surface area (Å²) in [6.07, 6.45) is 4.04. The molecule has 0 aliphatic carbocycles. The summed E-state index contributed by atoms with van der Waals surface area (Å²) in [6, 6.07) is 13.9. The summed E-state index contributed by atoms with van der Waals surface area (Å²) >= 11 is 0. The van der Waals surface area contributed by atoms with E-state index in [0.717, 1.165) is 27.6 Å². The summed E-state index contributed by atoms with van der Waals surface area (Å²) in [7, 11) is 0. The fraction of sp³-hybridized carbons (Fsp3) is 0.346. The molecule has 0 spiro atoms. The first kappa shape index (κ1) is 20.8. The third kappa shape index (κ3) is 3.70. The minimum Gasteiger partial charge on any atom is -0.389 e. The molecule has 1 aliphatic heterocycles. The van der Waals surface area contributed by atoms with Gasteiger partial charge in [0.05, 0.1) is 36.0 Å². The maximum absolute atomic E-state index is 13.5. The zero-order valence-electron chi connectivity index (χ0n) is 18.4. The summed E-state index contributed by atoms with van der Waals surface area (Å²) in [5.41, 5.74) is 3.81. The van der Waals surface area contributed by atoms with Crippen LogP contribution in [0.5, 0.6) is 0 Å². The summed E-state index contributed by atoms with van der Waals surface area (Å²) < 4.78 is 6.91. The highest BCUT2D eigenvalue weighted by molar-refractivity contribution is 6.06. The Balaban J connectivity index is 1.64. The number of fused-ring (bicyclic) bond motifs is 3. The highest BCUT2D eigenvalue weighted by Gasteiger charge is 2.27. The quantitative estimate of drug-likeness (QED) is 0.497. The van der Waals surface area contributed by atoms with Gasteiger partial charge in [-0.1, -0.05) is 44.2 Å². The minimum atomic E-state index is -0.717. The zero-order chi connectivity index (χ0) is 22.2. The van der Waals surface area contributed by atoms with E-state index in [1.807, 2.05) is 30.5 Å². The Morgan fingerprint density at radius 1 is 1.12 bits per heavy atom. The van der Waals surface area contributed by atoms with Crippen molar-refractivity contribution in [3.63, 3.8) is 0 Å². The Hall–Kier alpha value is -3.09. The van der Waals surface area contributed by atoms with Gasteiger partial charge in [-0.25, -0.2) is 4.98 Å². The number of aliphatic hydroxyl groups excluding tert-OH is 1. The lowest BCUT2D eigenvalue weighted by molar-refractivity contribution is -0.0395. The fourth-order valence-corrected chi connectivity index (χ4v) is 4.57. The Labute approximate surface area is 186 Å². The number of hydrogen-bond acceptors (Lipinski definition) is 5. The van der Waals surface area contributed by atoms with Gasteiger partial charge in [0.25, 0.3) is 5.56 Å². The van der Waals surface area contributed by atoms with Crippen LogP contribution in [0.25, 0.3) is 21.7 Å². The van der Waals surface area contributed by atoms with Crippen LogP contribution in [0.4, 0.5) is 0 Å². The van der Waals surface area contributed by atoms with Gasteiger partial charge >= 0.3 is 0 Å². The van der Waals surface area contributed by atoms with Crippen LogP contribution in [0.2, 0.25) is 0 Å². The lowest BCUT2D eigenvalue weighted by atomic mass is 9.96. The van der Waals surface area contributed by atoms with E-state index >= 15 is 0 Å². The molecule has 6 heteroatoms. The van der Waals surface area contributed by atoms with E-state index in [1.54, 1.807) is 10.9 Å². The molecule has 1 saturated heterocycles. The number of nitrogens with zero attached hydrogens (tertiary/aromatic N) is 3. The Morgan fingerprint density at radius 3 is 2.66 bits per heavy atom. The van der Waals surface area contributed by atoms with Crippen LogP contribution < -0.4 is 5.56 Å². The molecule has 0 bridgehead atoms. The van der Waals surface area contributed by atoms with Crippen molar-refractivity contribution in [2.24, 2.45) is 0 Å². The van der Waals surface area contributed by atoms with E-state index in [0.29, 0.717) is 36.3 Å². The van der Waals surface area contributed by atoms with Crippen LogP contribution in [-0.2, 0) is 11.2 Å². The molecular weight excluding hydrogens is 402 g/mol. The minimum absolute atomic E-state index is 0.124. The Morgan fingerprint density at radius 2 is 1.94 bits per heavy atom. The highest BCUT2D eigenvalue weighted by Crippen LogP contribution is 2.29. The third-order valence-corrected chi connectivity index (χ3v) is 6.36. The van der Waals surface area contributed by atoms with Crippen LogP contribution in [0, 0.1) is 0 Å². The van der Waals surface area contributed by atoms with Crippen molar-refractivity contribution >= 4 is 21.7 Å². The van der Waals surface area contributed by atoms with Crippen LogP contribution in [0.15, 0.2) is 59.8 Å². The van der Waals surface area contributed by atoms with Crippen molar-refractivity contribution in [2.75, 3.05) is 13.2 Å². The molecule has 0 saturated carbocycles. The van der Waals surface area contributed by atoms with E-state index in [1.165, 1.54) is 0 Å². The SMILES string of the molecule is CC(C)c1ccc(Cc2cc3c(=O)n([C@H]4CCOC[C@@H]4O)cnc3c3ccccc23)cn1. The van der Waals surface area contributed by atoms with E-state index in [-0.39, 0.29) is 18.2 Å². The van der Waals surface area contributed by atoms with Crippen LogP contribution >= 0.6 is 0 Å². The molecule has 0 amide bonds. The molecule has 5 rings (SSSR count). The van der Waals surface area contributed by atoms with Crippen molar-refractivity contribution in [1.82, 2.24) is 14.5 Å². The first-order chi connectivity index (χ1) is 15.5. The molecule has 2 aromatic carbocycles. The van der Waals surface area contributed by atoms with E-state index < -0.39 is 6.10 Å². The lowest BCUT2D eigenvalue weighted by Crippen LogP contribution is -2.39.